The van der Waals surface area contributed by atoms with Crippen molar-refractivity contribution in [2.45, 2.75) is 20.3 Å². The Morgan fingerprint density at radius 2 is 2.27 bits per heavy atom. The van der Waals surface area contributed by atoms with Crippen LogP contribution >= 0.6 is 0 Å². The molecule has 0 aromatic carbocycles. The normalized spacial score (nSPS) is 15.2. The van der Waals surface area contributed by atoms with Gasteiger partial charge < -0.3 is 4.74 Å². The number of methoxy groups -OCH3 is 1. The fraction of sp³-hybridized carbons (Fsp3) is 0.667. The zero-order chi connectivity index (χ0) is 8.85. The second kappa shape index (κ2) is 4.94. The molecule has 11 heavy (non-hydrogen) atoms. The first-order valence-corrected chi connectivity index (χ1v) is 3.87. The van der Waals surface area contributed by atoms with Crippen molar-refractivity contribution >= 4 is 5.97 Å². The molecule has 0 aromatic rings. The highest BCUT2D eigenvalue weighted by Crippen LogP contribution is 2.17. The number of allylic oxidation sites excluding steroid dienone is 1. The average molecular weight is 156 g/mol. The number of hydrogen-bond donors (Lipinski definition) is 0. The SMILES string of the molecule is C=C[C@H](C)[C@H](CC)C(=O)OC. The first kappa shape index (κ1) is 10.2. The van der Waals surface area contributed by atoms with Crippen molar-refractivity contribution < 1.29 is 9.53 Å². The monoisotopic (exact) mass is 156 g/mol. The zero-order valence-electron chi connectivity index (χ0n) is 7.46. The summed E-state index contributed by atoms with van der Waals surface area (Å²) >= 11 is 0. The summed E-state index contributed by atoms with van der Waals surface area (Å²) in [5.74, 6) is 0.0323. The van der Waals surface area contributed by atoms with E-state index in [1.54, 1.807) is 6.08 Å². The van der Waals surface area contributed by atoms with E-state index in [-0.39, 0.29) is 17.8 Å². The molecule has 0 unspecified atom stereocenters. The Hall–Kier alpha value is -0.790. The number of hydrogen-bond acceptors (Lipinski definition) is 2. The molecule has 2 nitrogen and oxygen atoms in total. The van der Waals surface area contributed by atoms with E-state index < -0.39 is 0 Å². The van der Waals surface area contributed by atoms with E-state index in [0.717, 1.165) is 6.42 Å². The summed E-state index contributed by atoms with van der Waals surface area (Å²) in [6.07, 6.45) is 2.59. The lowest BCUT2D eigenvalue weighted by atomic mass is 9.92. The van der Waals surface area contributed by atoms with Gasteiger partial charge in [-0.2, -0.15) is 0 Å². The van der Waals surface area contributed by atoms with Gasteiger partial charge in [-0.15, -0.1) is 6.58 Å². The van der Waals surface area contributed by atoms with Crippen LogP contribution in [0.25, 0.3) is 0 Å². The van der Waals surface area contributed by atoms with E-state index >= 15 is 0 Å². The summed E-state index contributed by atoms with van der Waals surface area (Å²) in [5.41, 5.74) is 0. The summed E-state index contributed by atoms with van der Waals surface area (Å²) in [5, 5.41) is 0. The Kier molecular flexibility index (Phi) is 4.59. The van der Waals surface area contributed by atoms with Crippen molar-refractivity contribution in [1.82, 2.24) is 0 Å². The molecule has 0 rings (SSSR count). The highest BCUT2D eigenvalue weighted by atomic mass is 16.5. The molecular formula is C9H16O2. The van der Waals surface area contributed by atoms with Gasteiger partial charge in [0, 0.05) is 0 Å². The van der Waals surface area contributed by atoms with Crippen LogP contribution in [0.4, 0.5) is 0 Å². The molecular weight excluding hydrogens is 140 g/mol. The number of esters is 1. The van der Waals surface area contributed by atoms with Gasteiger partial charge >= 0.3 is 5.97 Å². The fourth-order valence-electron chi connectivity index (χ4n) is 1.07. The van der Waals surface area contributed by atoms with E-state index in [1.807, 2.05) is 13.8 Å². The van der Waals surface area contributed by atoms with E-state index in [0.29, 0.717) is 0 Å². The molecule has 0 aliphatic heterocycles. The molecule has 0 amide bonds. The van der Waals surface area contributed by atoms with Gasteiger partial charge in [0.05, 0.1) is 13.0 Å². The lowest BCUT2D eigenvalue weighted by Gasteiger charge is -2.16. The molecule has 0 heterocycles. The van der Waals surface area contributed by atoms with Crippen LogP contribution in [-0.2, 0) is 9.53 Å². The van der Waals surface area contributed by atoms with Crippen LogP contribution in [0.15, 0.2) is 12.7 Å². The first-order valence-electron chi connectivity index (χ1n) is 3.87. The number of carbonyl (C=O) groups is 1. The van der Waals surface area contributed by atoms with Crippen molar-refractivity contribution in [3.8, 4) is 0 Å². The van der Waals surface area contributed by atoms with Gasteiger partial charge in [-0.05, 0) is 12.3 Å². The third kappa shape index (κ3) is 2.74. The topological polar surface area (TPSA) is 26.3 Å². The zero-order valence-corrected chi connectivity index (χ0v) is 7.46. The molecule has 0 fully saturated rings. The molecule has 0 aromatic heterocycles. The Balaban J connectivity index is 4.14. The van der Waals surface area contributed by atoms with Crippen LogP contribution in [0.1, 0.15) is 20.3 Å². The molecule has 0 aliphatic carbocycles. The fourth-order valence-corrected chi connectivity index (χ4v) is 1.07. The van der Waals surface area contributed by atoms with Crippen molar-refractivity contribution in [1.29, 1.82) is 0 Å². The van der Waals surface area contributed by atoms with Gasteiger partial charge in [-0.1, -0.05) is 19.9 Å². The summed E-state index contributed by atoms with van der Waals surface area (Å²) in [6.45, 7) is 7.58. The Morgan fingerprint density at radius 1 is 1.73 bits per heavy atom. The number of carbonyl (C=O) groups excluding carboxylic acids is 1. The maximum atomic E-state index is 11.1. The predicted octanol–water partition coefficient (Wildman–Crippen LogP) is 2.01. The maximum Gasteiger partial charge on any atom is 0.309 e. The van der Waals surface area contributed by atoms with Crippen LogP contribution in [-0.4, -0.2) is 13.1 Å². The maximum absolute atomic E-state index is 11.1. The van der Waals surface area contributed by atoms with Crippen LogP contribution in [0.2, 0.25) is 0 Å². The van der Waals surface area contributed by atoms with E-state index in [1.165, 1.54) is 7.11 Å². The minimum atomic E-state index is -0.139. The molecule has 0 N–H and O–H groups in total. The lowest BCUT2D eigenvalue weighted by Crippen LogP contribution is -2.21. The van der Waals surface area contributed by atoms with Gasteiger partial charge in [0.25, 0.3) is 0 Å². The van der Waals surface area contributed by atoms with Crippen LogP contribution in [0.3, 0.4) is 0 Å². The van der Waals surface area contributed by atoms with Crippen LogP contribution in [0.5, 0.6) is 0 Å². The second-order valence-corrected chi connectivity index (χ2v) is 2.63. The van der Waals surface area contributed by atoms with Crippen molar-refractivity contribution in [3.63, 3.8) is 0 Å². The lowest BCUT2D eigenvalue weighted by molar-refractivity contribution is -0.146. The average Bonchev–Trinajstić information content (AvgIpc) is 2.05. The smallest absolute Gasteiger partial charge is 0.309 e. The standard InChI is InChI=1S/C9H16O2/c1-5-7(3)8(6-2)9(10)11-4/h5,7-8H,1,6H2,2-4H3/t7-,8-/m0/s1. The third-order valence-electron chi connectivity index (χ3n) is 1.95. The van der Waals surface area contributed by atoms with Crippen molar-refractivity contribution in [3.05, 3.63) is 12.7 Å². The summed E-state index contributed by atoms with van der Waals surface area (Å²) < 4.78 is 4.64. The van der Waals surface area contributed by atoms with Gasteiger partial charge in [0.2, 0.25) is 0 Å². The molecule has 0 aliphatic rings. The van der Waals surface area contributed by atoms with Crippen LogP contribution < -0.4 is 0 Å². The summed E-state index contributed by atoms with van der Waals surface area (Å²) in [6, 6.07) is 0. The quantitative estimate of drug-likeness (QED) is 0.459. The van der Waals surface area contributed by atoms with E-state index in [4.69, 9.17) is 0 Å². The van der Waals surface area contributed by atoms with Crippen molar-refractivity contribution in [2.24, 2.45) is 11.8 Å². The van der Waals surface area contributed by atoms with Gasteiger partial charge in [0.15, 0.2) is 0 Å². The largest absolute Gasteiger partial charge is 0.469 e. The Bertz CT molecular complexity index is 140. The molecule has 0 bridgehead atoms. The second-order valence-electron chi connectivity index (χ2n) is 2.63. The van der Waals surface area contributed by atoms with Gasteiger partial charge in [-0.3, -0.25) is 4.79 Å². The van der Waals surface area contributed by atoms with Gasteiger partial charge in [0.1, 0.15) is 0 Å². The highest BCUT2D eigenvalue weighted by Gasteiger charge is 2.21. The number of ether oxygens (including phenoxy) is 1. The Labute approximate surface area is 68.2 Å². The summed E-state index contributed by atoms with van der Waals surface area (Å²) in [4.78, 5) is 11.1. The van der Waals surface area contributed by atoms with E-state index in [9.17, 15) is 4.79 Å². The molecule has 0 radical (unpaired) electrons. The van der Waals surface area contributed by atoms with Crippen LogP contribution in [0, 0.1) is 11.8 Å². The van der Waals surface area contributed by atoms with Crippen molar-refractivity contribution in [2.75, 3.05) is 7.11 Å². The molecule has 0 saturated carbocycles. The minimum Gasteiger partial charge on any atom is -0.469 e. The molecule has 2 atom stereocenters. The Morgan fingerprint density at radius 3 is 2.55 bits per heavy atom. The van der Waals surface area contributed by atoms with Gasteiger partial charge in [-0.25, -0.2) is 0 Å². The summed E-state index contributed by atoms with van der Waals surface area (Å²) in [7, 11) is 1.42. The number of rotatable bonds is 4. The molecule has 2 heteroatoms. The predicted molar refractivity (Wildman–Crippen MR) is 45.2 cm³/mol. The third-order valence-corrected chi connectivity index (χ3v) is 1.95. The molecule has 0 spiro atoms. The molecule has 64 valence electrons. The highest BCUT2D eigenvalue weighted by molar-refractivity contribution is 5.72. The first-order chi connectivity index (χ1) is 5.17. The van der Waals surface area contributed by atoms with E-state index in [2.05, 4.69) is 11.3 Å². The molecule has 0 saturated heterocycles. The minimum absolute atomic E-state index is 0.0301.